The summed E-state index contributed by atoms with van der Waals surface area (Å²) in [7, 11) is 0. The molecule has 0 aromatic heterocycles. The topological polar surface area (TPSA) is 57.5 Å². The number of carboxylic acids is 1. The number of unbranched alkanes of at least 4 members (excludes halogenated alkanes) is 15. The maximum Gasteiger partial charge on any atom is 0.303 e. The third-order valence-electron chi connectivity index (χ3n) is 5.32. The Hall–Kier alpha value is -0.570. The molecule has 0 aliphatic carbocycles. The fraction of sp³-hybridized carbons (Fsp3) is 0.957. The highest BCUT2D eigenvalue weighted by molar-refractivity contribution is 5.66. The van der Waals surface area contributed by atoms with E-state index in [2.05, 4.69) is 6.92 Å². The highest BCUT2D eigenvalue weighted by Crippen LogP contribution is 2.15. The third-order valence-corrected chi connectivity index (χ3v) is 5.32. The molecular weight excluding hydrogens is 324 g/mol. The normalized spacial score (nSPS) is 12.4. The highest BCUT2D eigenvalue weighted by atomic mass is 16.4. The first-order chi connectivity index (χ1) is 12.7. The van der Waals surface area contributed by atoms with Crippen molar-refractivity contribution in [3.05, 3.63) is 0 Å². The van der Waals surface area contributed by atoms with E-state index in [9.17, 15) is 9.90 Å². The molecule has 26 heavy (non-hydrogen) atoms. The molecule has 0 heterocycles. The molecule has 3 heteroatoms. The standard InChI is InChI=1S/C23H46O3/c1-2-3-4-5-6-7-8-9-10-11-12-13-16-19-22(24)20-17-14-15-18-21-23(25)26/h22,24H,2-21H2,1H3,(H,25,26). The fourth-order valence-electron chi connectivity index (χ4n) is 3.55. The van der Waals surface area contributed by atoms with E-state index in [0.717, 1.165) is 44.9 Å². The molecule has 0 aliphatic rings. The molecule has 0 radical (unpaired) electrons. The van der Waals surface area contributed by atoms with E-state index in [0.29, 0.717) is 0 Å². The summed E-state index contributed by atoms with van der Waals surface area (Å²) in [6.45, 7) is 2.27. The van der Waals surface area contributed by atoms with E-state index in [-0.39, 0.29) is 12.5 Å². The monoisotopic (exact) mass is 370 g/mol. The minimum absolute atomic E-state index is 0.151. The van der Waals surface area contributed by atoms with Crippen LogP contribution in [0.1, 0.15) is 135 Å². The van der Waals surface area contributed by atoms with Crippen LogP contribution in [0.5, 0.6) is 0 Å². The predicted octanol–water partition coefficient (Wildman–Crippen LogP) is 7.25. The van der Waals surface area contributed by atoms with Gasteiger partial charge in [0.1, 0.15) is 0 Å². The molecule has 0 bridgehead atoms. The minimum atomic E-state index is -0.701. The Morgan fingerprint density at radius 2 is 0.962 bits per heavy atom. The Morgan fingerprint density at radius 1 is 0.615 bits per heavy atom. The van der Waals surface area contributed by atoms with Crippen LogP contribution in [-0.2, 0) is 4.79 Å². The number of aliphatic hydroxyl groups is 1. The van der Waals surface area contributed by atoms with Crippen molar-refractivity contribution in [2.24, 2.45) is 0 Å². The van der Waals surface area contributed by atoms with Gasteiger partial charge in [0, 0.05) is 6.42 Å². The molecule has 0 saturated heterocycles. The molecule has 0 aromatic rings. The van der Waals surface area contributed by atoms with Crippen molar-refractivity contribution in [1.29, 1.82) is 0 Å². The van der Waals surface area contributed by atoms with Crippen LogP contribution in [0.25, 0.3) is 0 Å². The molecule has 1 atom stereocenters. The maximum atomic E-state index is 10.4. The molecule has 0 rings (SSSR count). The SMILES string of the molecule is CCCCCCCCCCCCCCCC(O)CCCCCCC(=O)O. The summed E-state index contributed by atoms with van der Waals surface area (Å²) in [6, 6.07) is 0. The summed E-state index contributed by atoms with van der Waals surface area (Å²) in [5.41, 5.74) is 0. The fourth-order valence-corrected chi connectivity index (χ4v) is 3.55. The Morgan fingerprint density at radius 3 is 1.35 bits per heavy atom. The van der Waals surface area contributed by atoms with Crippen molar-refractivity contribution in [2.45, 2.75) is 141 Å². The van der Waals surface area contributed by atoms with E-state index in [1.807, 2.05) is 0 Å². The zero-order valence-electron chi connectivity index (χ0n) is 17.5. The molecule has 2 N–H and O–H groups in total. The van der Waals surface area contributed by atoms with Crippen molar-refractivity contribution in [3.8, 4) is 0 Å². The van der Waals surface area contributed by atoms with E-state index in [1.54, 1.807) is 0 Å². The second kappa shape index (κ2) is 20.7. The van der Waals surface area contributed by atoms with Crippen LogP contribution in [0.2, 0.25) is 0 Å². The van der Waals surface area contributed by atoms with Gasteiger partial charge in [-0.05, 0) is 19.3 Å². The van der Waals surface area contributed by atoms with Gasteiger partial charge < -0.3 is 10.2 Å². The zero-order chi connectivity index (χ0) is 19.3. The van der Waals surface area contributed by atoms with Gasteiger partial charge in [-0.1, -0.05) is 110 Å². The first-order valence-corrected chi connectivity index (χ1v) is 11.6. The Bertz CT molecular complexity index is 291. The average molecular weight is 371 g/mol. The minimum Gasteiger partial charge on any atom is -0.481 e. The number of hydrogen-bond donors (Lipinski definition) is 2. The Kier molecular flexibility index (Phi) is 20.3. The van der Waals surface area contributed by atoms with Crippen LogP contribution >= 0.6 is 0 Å². The molecule has 0 aromatic carbocycles. The van der Waals surface area contributed by atoms with Crippen LogP contribution < -0.4 is 0 Å². The van der Waals surface area contributed by atoms with Gasteiger partial charge in [0.25, 0.3) is 0 Å². The summed E-state index contributed by atoms with van der Waals surface area (Å²) < 4.78 is 0. The van der Waals surface area contributed by atoms with Crippen molar-refractivity contribution in [1.82, 2.24) is 0 Å². The first-order valence-electron chi connectivity index (χ1n) is 11.6. The van der Waals surface area contributed by atoms with Crippen LogP contribution in [0.4, 0.5) is 0 Å². The van der Waals surface area contributed by atoms with E-state index < -0.39 is 5.97 Å². The van der Waals surface area contributed by atoms with Gasteiger partial charge in [-0.25, -0.2) is 0 Å². The lowest BCUT2D eigenvalue weighted by molar-refractivity contribution is -0.137. The van der Waals surface area contributed by atoms with Crippen LogP contribution in [-0.4, -0.2) is 22.3 Å². The van der Waals surface area contributed by atoms with Gasteiger partial charge >= 0.3 is 5.97 Å². The summed E-state index contributed by atoms with van der Waals surface area (Å²) >= 11 is 0. The van der Waals surface area contributed by atoms with Crippen LogP contribution in [0.15, 0.2) is 0 Å². The Balaban J connectivity index is 3.14. The van der Waals surface area contributed by atoms with Gasteiger partial charge in [0.2, 0.25) is 0 Å². The zero-order valence-corrected chi connectivity index (χ0v) is 17.5. The van der Waals surface area contributed by atoms with Gasteiger partial charge in [0.15, 0.2) is 0 Å². The van der Waals surface area contributed by atoms with E-state index >= 15 is 0 Å². The summed E-state index contributed by atoms with van der Waals surface area (Å²) in [4.78, 5) is 10.4. The molecule has 0 saturated carbocycles. The molecule has 0 spiro atoms. The van der Waals surface area contributed by atoms with E-state index in [1.165, 1.54) is 77.0 Å². The van der Waals surface area contributed by atoms with Gasteiger partial charge in [0.05, 0.1) is 6.10 Å². The second-order valence-electron chi connectivity index (χ2n) is 8.03. The number of carbonyl (C=O) groups is 1. The van der Waals surface area contributed by atoms with Gasteiger partial charge in [-0.2, -0.15) is 0 Å². The lowest BCUT2D eigenvalue weighted by Gasteiger charge is -2.10. The molecule has 3 nitrogen and oxygen atoms in total. The number of hydrogen-bond acceptors (Lipinski definition) is 2. The molecule has 0 fully saturated rings. The third kappa shape index (κ3) is 21.5. The second-order valence-corrected chi connectivity index (χ2v) is 8.03. The molecule has 1 unspecified atom stereocenters. The number of carboxylic acid groups (broad SMARTS) is 1. The van der Waals surface area contributed by atoms with Crippen molar-refractivity contribution < 1.29 is 15.0 Å². The highest BCUT2D eigenvalue weighted by Gasteiger charge is 2.04. The molecular formula is C23H46O3. The van der Waals surface area contributed by atoms with Gasteiger partial charge in [-0.3, -0.25) is 4.79 Å². The summed E-state index contributed by atoms with van der Waals surface area (Å²) in [5, 5.41) is 18.5. The lowest BCUT2D eigenvalue weighted by Crippen LogP contribution is -2.06. The molecule has 0 aliphatic heterocycles. The Labute approximate surface area is 163 Å². The first kappa shape index (κ1) is 25.4. The van der Waals surface area contributed by atoms with Crippen LogP contribution in [0.3, 0.4) is 0 Å². The summed E-state index contributed by atoms with van der Waals surface area (Å²) in [6.07, 6.45) is 23.5. The summed E-state index contributed by atoms with van der Waals surface area (Å²) in [5.74, 6) is -0.701. The number of aliphatic hydroxyl groups excluding tert-OH is 1. The van der Waals surface area contributed by atoms with E-state index in [4.69, 9.17) is 5.11 Å². The van der Waals surface area contributed by atoms with Crippen molar-refractivity contribution >= 4 is 5.97 Å². The largest absolute Gasteiger partial charge is 0.481 e. The van der Waals surface area contributed by atoms with Crippen molar-refractivity contribution in [3.63, 3.8) is 0 Å². The number of rotatable bonds is 21. The smallest absolute Gasteiger partial charge is 0.303 e. The molecule has 0 amide bonds. The quantitative estimate of drug-likeness (QED) is 0.209. The molecule has 156 valence electrons. The average Bonchev–Trinajstić information content (AvgIpc) is 2.61. The van der Waals surface area contributed by atoms with Crippen molar-refractivity contribution in [2.75, 3.05) is 0 Å². The predicted molar refractivity (Wildman–Crippen MR) is 112 cm³/mol. The number of aliphatic carboxylic acids is 1. The van der Waals surface area contributed by atoms with Gasteiger partial charge in [-0.15, -0.1) is 0 Å². The maximum absolute atomic E-state index is 10.4. The van der Waals surface area contributed by atoms with Crippen LogP contribution in [0, 0.1) is 0 Å². The lowest BCUT2D eigenvalue weighted by atomic mass is 10.0.